The van der Waals surface area contributed by atoms with Crippen LogP contribution in [0.2, 0.25) is 0 Å². The van der Waals surface area contributed by atoms with Gasteiger partial charge in [-0.2, -0.15) is 0 Å². The summed E-state index contributed by atoms with van der Waals surface area (Å²) < 4.78 is 29.8. The number of methoxy groups -OCH3 is 1. The molecule has 94 valence electrons. The third-order valence-electron chi connectivity index (χ3n) is 2.57. The van der Waals surface area contributed by atoms with Crippen LogP contribution in [0.3, 0.4) is 0 Å². The Hall–Kier alpha value is -1.56. The fourth-order valence-electron chi connectivity index (χ4n) is 1.56. The predicted octanol–water partition coefficient (Wildman–Crippen LogP) is 1.50. The highest BCUT2D eigenvalue weighted by Gasteiger charge is 2.18. The van der Waals surface area contributed by atoms with Crippen LogP contribution >= 0.6 is 0 Å². The third-order valence-corrected chi connectivity index (χ3v) is 2.57. The molecule has 0 bridgehead atoms. The Bertz CT molecular complexity index is 422. The van der Waals surface area contributed by atoms with Crippen LogP contribution in [0.1, 0.15) is 28.8 Å². The number of carbonyl (C=O) groups is 1. The molecule has 0 aromatic carbocycles. The van der Waals surface area contributed by atoms with Crippen LogP contribution < -0.4 is 5.73 Å². The molecule has 17 heavy (non-hydrogen) atoms. The molecule has 1 heterocycles. The number of nitrogens with zero attached hydrogens (tertiary/aromatic N) is 1. The van der Waals surface area contributed by atoms with Crippen molar-refractivity contribution < 1.29 is 18.3 Å². The van der Waals surface area contributed by atoms with E-state index in [1.54, 1.807) is 6.92 Å². The van der Waals surface area contributed by atoms with Crippen LogP contribution in [-0.2, 0) is 22.5 Å². The van der Waals surface area contributed by atoms with Crippen LogP contribution in [0.5, 0.6) is 0 Å². The number of nitrogens with two attached hydrogens (primary N) is 1. The first-order valence-corrected chi connectivity index (χ1v) is 5.03. The Morgan fingerprint density at radius 2 is 2.24 bits per heavy atom. The largest absolute Gasteiger partial charge is 0.469 e. The average Bonchev–Trinajstić information content (AvgIpc) is 2.30. The first-order chi connectivity index (χ1) is 8.01. The maximum absolute atomic E-state index is 12.7. The maximum atomic E-state index is 12.7. The lowest BCUT2D eigenvalue weighted by molar-refractivity contribution is -0.139. The second kappa shape index (κ2) is 5.67. The molecule has 0 atom stereocenters. The highest BCUT2D eigenvalue weighted by molar-refractivity contribution is 5.72. The first-order valence-electron chi connectivity index (χ1n) is 5.03. The molecule has 0 radical (unpaired) electrons. The summed E-state index contributed by atoms with van der Waals surface area (Å²) in [5.41, 5.74) is 6.55. The van der Waals surface area contributed by atoms with E-state index in [0.29, 0.717) is 16.8 Å². The van der Waals surface area contributed by atoms with Gasteiger partial charge in [0.15, 0.2) is 0 Å². The molecule has 0 unspecified atom stereocenters. The number of pyridine rings is 1. The topological polar surface area (TPSA) is 65.2 Å². The van der Waals surface area contributed by atoms with Gasteiger partial charge in [-0.25, -0.2) is 8.78 Å². The summed E-state index contributed by atoms with van der Waals surface area (Å²) in [5, 5.41) is 0. The number of rotatable bonds is 4. The average molecular weight is 244 g/mol. The van der Waals surface area contributed by atoms with Crippen molar-refractivity contribution in [2.24, 2.45) is 5.73 Å². The number of carbonyl (C=O) groups excluding carboxylic acids is 1. The molecule has 1 rings (SSSR count). The van der Waals surface area contributed by atoms with Gasteiger partial charge in [0.05, 0.1) is 19.2 Å². The fourth-order valence-corrected chi connectivity index (χ4v) is 1.56. The lowest BCUT2D eigenvalue weighted by atomic mass is 10.0. The van der Waals surface area contributed by atoms with E-state index in [-0.39, 0.29) is 18.5 Å². The lowest BCUT2D eigenvalue weighted by Crippen LogP contribution is -2.13. The van der Waals surface area contributed by atoms with Gasteiger partial charge in [0, 0.05) is 18.3 Å². The number of aromatic nitrogens is 1. The number of alkyl halides is 2. The number of hydrogen-bond acceptors (Lipinski definition) is 4. The van der Waals surface area contributed by atoms with Crippen molar-refractivity contribution in [2.45, 2.75) is 26.3 Å². The molecule has 0 amide bonds. The molecule has 0 aliphatic carbocycles. The summed E-state index contributed by atoms with van der Waals surface area (Å²) in [6.07, 6.45) is -1.59. The molecule has 1 aromatic rings. The summed E-state index contributed by atoms with van der Waals surface area (Å²) in [6.45, 7) is 1.61. The van der Waals surface area contributed by atoms with Crippen LogP contribution in [-0.4, -0.2) is 18.1 Å². The minimum atomic E-state index is -2.62. The van der Waals surface area contributed by atoms with Crippen LogP contribution in [0.15, 0.2) is 6.20 Å². The number of ether oxygens (including phenoxy) is 1. The fraction of sp³-hybridized carbons (Fsp3) is 0.455. The van der Waals surface area contributed by atoms with Gasteiger partial charge in [-0.1, -0.05) is 0 Å². The Morgan fingerprint density at radius 3 is 2.71 bits per heavy atom. The van der Waals surface area contributed by atoms with Gasteiger partial charge in [0.1, 0.15) is 0 Å². The predicted molar refractivity (Wildman–Crippen MR) is 57.5 cm³/mol. The number of halogens is 2. The second-order valence-electron chi connectivity index (χ2n) is 3.52. The van der Waals surface area contributed by atoms with Crippen molar-refractivity contribution in [3.63, 3.8) is 0 Å². The van der Waals surface area contributed by atoms with Crippen molar-refractivity contribution in [1.29, 1.82) is 0 Å². The molecule has 0 fully saturated rings. The summed E-state index contributed by atoms with van der Waals surface area (Å²) >= 11 is 0. The highest BCUT2D eigenvalue weighted by atomic mass is 19.3. The van der Waals surface area contributed by atoms with Gasteiger partial charge in [0.25, 0.3) is 6.43 Å². The van der Waals surface area contributed by atoms with Crippen molar-refractivity contribution in [1.82, 2.24) is 4.98 Å². The van der Waals surface area contributed by atoms with E-state index in [1.807, 2.05) is 0 Å². The monoisotopic (exact) mass is 244 g/mol. The molecule has 1 aromatic heterocycles. The summed E-state index contributed by atoms with van der Waals surface area (Å²) in [6, 6.07) is 0. The number of esters is 1. The summed E-state index contributed by atoms with van der Waals surface area (Å²) in [7, 11) is 1.26. The van der Waals surface area contributed by atoms with Gasteiger partial charge < -0.3 is 10.5 Å². The molecule has 0 aliphatic heterocycles. The normalized spacial score (nSPS) is 10.7. The zero-order chi connectivity index (χ0) is 13.0. The molecule has 6 heteroatoms. The van der Waals surface area contributed by atoms with E-state index in [1.165, 1.54) is 7.11 Å². The Morgan fingerprint density at radius 1 is 1.59 bits per heavy atom. The molecule has 0 aliphatic rings. The first kappa shape index (κ1) is 13.5. The van der Waals surface area contributed by atoms with Crippen molar-refractivity contribution in [2.75, 3.05) is 7.11 Å². The molecule has 0 spiro atoms. The molecule has 4 nitrogen and oxygen atoms in total. The second-order valence-corrected chi connectivity index (χ2v) is 3.52. The summed E-state index contributed by atoms with van der Waals surface area (Å²) in [4.78, 5) is 15.0. The van der Waals surface area contributed by atoms with E-state index < -0.39 is 12.4 Å². The van der Waals surface area contributed by atoms with Crippen LogP contribution in [0.25, 0.3) is 0 Å². The zero-order valence-corrected chi connectivity index (χ0v) is 9.67. The quantitative estimate of drug-likeness (QED) is 0.815. The van der Waals surface area contributed by atoms with Crippen molar-refractivity contribution in [3.05, 3.63) is 28.6 Å². The molecule has 0 saturated heterocycles. The molecular weight excluding hydrogens is 230 g/mol. The molecular formula is C11H14F2N2O2. The van der Waals surface area contributed by atoms with E-state index in [0.717, 1.165) is 6.20 Å². The minimum absolute atomic E-state index is 0.0117. The maximum Gasteiger partial charge on any atom is 0.311 e. The molecule has 2 N–H and O–H groups in total. The van der Waals surface area contributed by atoms with E-state index >= 15 is 0 Å². The lowest BCUT2D eigenvalue weighted by Gasteiger charge is -2.13. The Kier molecular flexibility index (Phi) is 4.51. The Labute approximate surface area is 97.8 Å². The van der Waals surface area contributed by atoms with Gasteiger partial charge in [-0.05, 0) is 18.1 Å². The van der Waals surface area contributed by atoms with Crippen molar-refractivity contribution >= 4 is 5.97 Å². The van der Waals surface area contributed by atoms with Gasteiger partial charge in [-0.15, -0.1) is 0 Å². The van der Waals surface area contributed by atoms with Gasteiger partial charge >= 0.3 is 5.97 Å². The number of hydrogen-bond donors (Lipinski definition) is 1. The zero-order valence-electron chi connectivity index (χ0n) is 9.67. The van der Waals surface area contributed by atoms with E-state index in [4.69, 9.17) is 5.73 Å². The van der Waals surface area contributed by atoms with E-state index in [9.17, 15) is 13.6 Å². The highest BCUT2D eigenvalue weighted by Crippen LogP contribution is 2.25. The smallest absolute Gasteiger partial charge is 0.311 e. The van der Waals surface area contributed by atoms with Crippen LogP contribution in [0.4, 0.5) is 8.78 Å². The van der Waals surface area contributed by atoms with Crippen molar-refractivity contribution in [3.8, 4) is 0 Å². The third kappa shape index (κ3) is 2.97. The Balaban J connectivity index is 3.15. The van der Waals surface area contributed by atoms with Gasteiger partial charge in [-0.3, -0.25) is 9.78 Å². The SMILES string of the molecule is COC(=O)Cc1ncc(C(F)F)c(CN)c1C. The van der Waals surface area contributed by atoms with Gasteiger partial charge in [0.2, 0.25) is 0 Å². The summed E-state index contributed by atoms with van der Waals surface area (Å²) in [5.74, 6) is -0.464. The van der Waals surface area contributed by atoms with Crippen LogP contribution in [0, 0.1) is 6.92 Å². The minimum Gasteiger partial charge on any atom is -0.469 e. The standard InChI is InChI=1S/C11H14F2N2O2/c1-6-7(4-14)8(11(12)13)5-15-9(6)3-10(16)17-2/h5,11H,3-4,14H2,1-2H3. The molecule has 0 saturated carbocycles. The van der Waals surface area contributed by atoms with E-state index in [2.05, 4.69) is 9.72 Å².